The van der Waals surface area contributed by atoms with Gasteiger partial charge in [0.25, 0.3) is 0 Å². The standard InChI is InChI=1S/C20H31ClN2.HI/c1-2-3-4-5-6-7-8-9-10-15-22-16-17-23(18-22)20-13-11-19(21)12-14-20;/h11-14,16-17H,2-10,15,18H2,1H3;1H. The molecule has 2 nitrogen and oxygen atoms in total. The highest BCUT2D eigenvalue weighted by Crippen LogP contribution is 2.21. The molecule has 1 aliphatic rings. The summed E-state index contributed by atoms with van der Waals surface area (Å²) in [6.45, 7) is 4.40. The number of unbranched alkanes of at least 4 members (excludes halogenated alkanes) is 8. The molecule has 0 saturated carbocycles. The van der Waals surface area contributed by atoms with Crippen LogP contribution in [-0.2, 0) is 0 Å². The van der Waals surface area contributed by atoms with E-state index in [1.165, 1.54) is 63.5 Å². The molecule has 0 saturated heterocycles. The second-order valence-electron chi connectivity index (χ2n) is 6.53. The number of anilines is 1. The van der Waals surface area contributed by atoms with Crippen molar-refractivity contribution in [2.45, 2.75) is 64.7 Å². The number of hydrogen-bond acceptors (Lipinski definition) is 2. The molecule has 4 heteroatoms. The van der Waals surface area contributed by atoms with Crippen LogP contribution in [0.5, 0.6) is 0 Å². The molecule has 1 aromatic carbocycles. The minimum absolute atomic E-state index is 0. The zero-order valence-electron chi connectivity index (χ0n) is 14.9. The molecule has 0 N–H and O–H groups in total. The third kappa shape index (κ3) is 8.11. The van der Waals surface area contributed by atoms with Crippen molar-refractivity contribution in [3.63, 3.8) is 0 Å². The van der Waals surface area contributed by atoms with Gasteiger partial charge in [-0.3, -0.25) is 0 Å². The zero-order valence-corrected chi connectivity index (χ0v) is 18.0. The van der Waals surface area contributed by atoms with Crippen molar-refractivity contribution in [2.75, 3.05) is 18.1 Å². The maximum atomic E-state index is 5.95. The Morgan fingerprint density at radius 3 is 2.04 bits per heavy atom. The fourth-order valence-corrected chi connectivity index (χ4v) is 3.16. The highest BCUT2D eigenvalue weighted by atomic mass is 127. The Morgan fingerprint density at radius 2 is 1.42 bits per heavy atom. The third-order valence-corrected chi connectivity index (χ3v) is 4.75. The second kappa shape index (κ2) is 12.9. The summed E-state index contributed by atoms with van der Waals surface area (Å²) in [5, 5.41) is 0.795. The lowest BCUT2D eigenvalue weighted by Crippen LogP contribution is -2.25. The molecular formula is C20H32ClIN2. The van der Waals surface area contributed by atoms with Gasteiger partial charge in [-0.15, -0.1) is 24.0 Å². The van der Waals surface area contributed by atoms with Gasteiger partial charge in [-0.05, 0) is 30.7 Å². The van der Waals surface area contributed by atoms with E-state index in [2.05, 4.69) is 41.3 Å². The second-order valence-corrected chi connectivity index (χ2v) is 6.96. The molecule has 0 bridgehead atoms. The average Bonchev–Trinajstić information content (AvgIpc) is 3.03. The number of rotatable bonds is 11. The van der Waals surface area contributed by atoms with Gasteiger partial charge < -0.3 is 9.80 Å². The smallest absolute Gasteiger partial charge is 0.0941 e. The fraction of sp³-hybridized carbons (Fsp3) is 0.600. The molecule has 0 aromatic heterocycles. The van der Waals surface area contributed by atoms with E-state index in [0.717, 1.165) is 18.2 Å². The van der Waals surface area contributed by atoms with E-state index in [0.29, 0.717) is 0 Å². The molecule has 0 spiro atoms. The van der Waals surface area contributed by atoms with Crippen molar-refractivity contribution < 1.29 is 0 Å². The van der Waals surface area contributed by atoms with Gasteiger partial charge in [0.1, 0.15) is 0 Å². The lowest BCUT2D eigenvalue weighted by Gasteiger charge is -2.21. The summed E-state index contributed by atoms with van der Waals surface area (Å²) in [4.78, 5) is 4.67. The largest absolute Gasteiger partial charge is 0.358 e. The summed E-state index contributed by atoms with van der Waals surface area (Å²) >= 11 is 5.95. The lowest BCUT2D eigenvalue weighted by atomic mass is 10.1. The summed E-state index contributed by atoms with van der Waals surface area (Å²) in [7, 11) is 0. The number of nitrogens with zero attached hydrogens (tertiary/aromatic N) is 2. The van der Waals surface area contributed by atoms with Crippen LogP contribution in [0, 0.1) is 0 Å². The summed E-state index contributed by atoms with van der Waals surface area (Å²) in [5.74, 6) is 0. The van der Waals surface area contributed by atoms with Gasteiger partial charge in [0.05, 0.1) is 6.67 Å². The molecular weight excluding hydrogens is 431 g/mol. The van der Waals surface area contributed by atoms with Crippen molar-refractivity contribution in [2.24, 2.45) is 0 Å². The van der Waals surface area contributed by atoms with Gasteiger partial charge in [0, 0.05) is 29.7 Å². The summed E-state index contributed by atoms with van der Waals surface area (Å²) < 4.78 is 0. The molecule has 0 amide bonds. The first-order chi connectivity index (χ1) is 11.3. The summed E-state index contributed by atoms with van der Waals surface area (Å²) in [6, 6.07) is 8.06. The first-order valence-electron chi connectivity index (χ1n) is 9.24. The molecule has 0 fully saturated rings. The maximum Gasteiger partial charge on any atom is 0.0941 e. The van der Waals surface area contributed by atoms with Crippen LogP contribution in [0.4, 0.5) is 5.69 Å². The monoisotopic (exact) mass is 462 g/mol. The molecule has 0 unspecified atom stereocenters. The quantitative estimate of drug-likeness (QED) is 0.257. The zero-order chi connectivity index (χ0) is 16.3. The summed E-state index contributed by atoms with van der Waals surface area (Å²) in [6.07, 6.45) is 16.9. The normalized spacial score (nSPS) is 13.4. The molecule has 1 heterocycles. The van der Waals surface area contributed by atoms with Crippen molar-refractivity contribution >= 4 is 41.3 Å². The van der Waals surface area contributed by atoms with Crippen LogP contribution in [0.15, 0.2) is 36.7 Å². The van der Waals surface area contributed by atoms with Crippen LogP contribution in [0.3, 0.4) is 0 Å². The molecule has 0 atom stereocenters. The van der Waals surface area contributed by atoms with E-state index in [1.54, 1.807) is 0 Å². The number of halogens is 2. The van der Waals surface area contributed by atoms with E-state index < -0.39 is 0 Å². The maximum absolute atomic E-state index is 5.95. The molecule has 24 heavy (non-hydrogen) atoms. The minimum atomic E-state index is 0. The Morgan fingerprint density at radius 1 is 0.833 bits per heavy atom. The van der Waals surface area contributed by atoms with Crippen molar-refractivity contribution in [3.05, 3.63) is 41.7 Å². The van der Waals surface area contributed by atoms with Crippen LogP contribution in [0.1, 0.15) is 64.7 Å². The molecule has 0 radical (unpaired) electrons. The Bertz CT molecular complexity index is 461. The first kappa shape index (κ1) is 21.6. The Balaban J connectivity index is 0.00000288. The van der Waals surface area contributed by atoms with Gasteiger partial charge in [0.15, 0.2) is 0 Å². The van der Waals surface area contributed by atoms with Crippen LogP contribution in [-0.4, -0.2) is 18.1 Å². The van der Waals surface area contributed by atoms with Crippen LogP contribution in [0.2, 0.25) is 5.02 Å². The van der Waals surface area contributed by atoms with E-state index in [-0.39, 0.29) is 24.0 Å². The predicted molar refractivity (Wildman–Crippen MR) is 117 cm³/mol. The van der Waals surface area contributed by atoms with E-state index in [9.17, 15) is 0 Å². The van der Waals surface area contributed by atoms with Crippen molar-refractivity contribution in [1.82, 2.24) is 4.90 Å². The Kier molecular flexibility index (Phi) is 11.6. The molecule has 2 rings (SSSR count). The van der Waals surface area contributed by atoms with Gasteiger partial charge in [-0.2, -0.15) is 0 Å². The molecule has 0 aliphatic carbocycles. The van der Waals surface area contributed by atoms with Crippen LogP contribution >= 0.6 is 35.6 Å². The van der Waals surface area contributed by atoms with Gasteiger partial charge in [0.2, 0.25) is 0 Å². The average molecular weight is 463 g/mol. The van der Waals surface area contributed by atoms with Crippen LogP contribution in [0.25, 0.3) is 0 Å². The van der Waals surface area contributed by atoms with Crippen LogP contribution < -0.4 is 4.90 Å². The Hall–Kier alpha value is -0.420. The molecule has 136 valence electrons. The predicted octanol–water partition coefficient (Wildman–Crippen LogP) is 7.04. The molecule has 1 aromatic rings. The third-order valence-electron chi connectivity index (χ3n) is 4.50. The van der Waals surface area contributed by atoms with E-state index in [4.69, 9.17) is 11.6 Å². The van der Waals surface area contributed by atoms with E-state index in [1.807, 2.05) is 12.1 Å². The van der Waals surface area contributed by atoms with Crippen molar-refractivity contribution in [3.8, 4) is 0 Å². The number of hydrogen-bond donors (Lipinski definition) is 0. The fourth-order valence-electron chi connectivity index (χ4n) is 3.04. The topological polar surface area (TPSA) is 6.48 Å². The first-order valence-corrected chi connectivity index (χ1v) is 9.62. The van der Waals surface area contributed by atoms with Gasteiger partial charge >= 0.3 is 0 Å². The van der Waals surface area contributed by atoms with Gasteiger partial charge in [-0.1, -0.05) is 69.9 Å². The highest BCUT2D eigenvalue weighted by Gasteiger charge is 2.13. The highest BCUT2D eigenvalue weighted by molar-refractivity contribution is 14.0. The Labute approximate surface area is 170 Å². The van der Waals surface area contributed by atoms with Crippen molar-refractivity contribution in [1.29, 1.82) is 0 Å². The molecule has 1 aliphatic heterocycles. The lowest BCUT2D eigenvalue weighted by molar-refractivity contribution is 0.388. The van der Waals surface area contributed by atoms with E-state index >= 15 is 0 Å². The minimum Gasteiger partial charge on any atom is -0.358 e. The summed E-state index contributed by atoms with van der Waals surface area (Å²) in [5.41, 5.74) is 1.21. The van der Waals surface area contributed by atoms with Gasteiger partial charge in [-0.25, -0.2) is 0 Å². The SMILES string of the molecule is CCCCCCCCCCCN1C=CN(c2ccc(Cl)cc2)C1.I. The number of benzene rings is 1.